The summed E-state index contributed by atoms with van der Waals surface area (Å²) in [4.78, 5) is 14.8. The lowest BCUT2D eigenvalue weighted by atomic mass is 9.99. The van der Waals surface area contributed by atoms with Crippen LogP contribution in [-0.2, 0) is 27.4 Å². The minimum atomic E-state index is -0.490. The van der Waals surface area contributed by atoms with Crippen molar-refractivity contribution in [2.45, 2.75) is 38.1 Å². The minimum absolute atomic E-state index is 0.0178. The van der Waals surface area contributed by atoms with Crippen molar-refractivity contribution in [3.05, 3.63) is 107 Å². The summed E-state index contributed by atoms with van der Waals surface area (Å²) in [5.41, 5.74) is 4.56. The van der Waals surface area contributed by atoms with Gasteiger partial charge in [-0.25, -0.2) is 0 Å². The highest BCUT2D eigenvalue weighted by atomic mass is 16.7. The van der Waals surface area contributed by atoms with Crippen LogP contribution in [0.25, 0.3) is 0 Å². The SMILES string of the molecule is O=C(NCc1ccc(C2OC(CN3CCOCC3)CC(c3ccc(CO)cc3)O2)cc1)c1ccccc1. The summed E-state index contributed by atoms with van der Waals surface area (Å²) in [6.07, 6.45) is 0.178. The Balaban J connectivity index is 1.26. The molecule has 0 aliphatic carbocycles. The van der Waals surface area contributed by atoms with Gasteiger partial charge in [-0.15, -0.1) is 0 Å². The first kappa shape index (κ1) is 25.6. The average molecular weight is 503 g/mol. The fourth-order valence-corrected chi connectivity index (χ4v) is 4.77. The highest BCUT2D eigenvalue weighted by Crippen LogP contribution is 2.38. The number of amides is 1. The fourth-order valence-electron chi connectivity index (χ4n) is 4.77. The van der Waals surface area contributed by atoms with E-state index in [1.165, 1.54) is 0 Å². The Labute approximate surface area is 218 Å². The first-order chi connectivity index (χ1) is 18.2. The van der Waals surface area contributed by atoms with E-state index in [9.17, 15) is 9.90 Å². The molecule has 0 radical (unpaired) electrons. The van der Waals surface area contributed by atoms with Crippen LogP contribution in [0.4, 0.5) is 0 Å². The minimum Gasteiger partial charge on any atom is -0.392 e. The second-order valence-electron chi connectivity index (χ2n) is 9.55. The van der Waals surface area contributed by atoms with Gasteiger partial charge in [-0.2, -0.15) is 0 Å². The zero-order valence-electron chi connectivity index (χ0n) is 20.9. The highest BCUT2D eigenvalue weighted by Gasteiger charge is 2.33. The van der Waals surface area contributed by atoms with E-state index in [4.69, 9.17) is 14.2 Å². The normalized spacial score (nSPS) is 22.5. The van der Waals surface area contributed by atoms with Crippen LogP contribution in [0.2, 0.25) is 0 Å². The molecule has 1 amide bonds. The molecule has 3 atom stereocenters. The van der Waals surface area contributed by atoms with Gasteiger partial charge >= 0.3 is 0 Å². The number of nitrogens with zero attached hydrogens (tertiary/aromatic N) is 1. The third-order valence-electron chi connectivity index (χ3n) is 6.92. The van der Waals surface area contributed by atoms with Crippen molar-refractivity contribution in [3.8, 4) is 0 Å². The molecular formula is C30H34N2O5. The van der Waals surface area contributed by atoms with Crippen LogP contribution in [0.1, 0.15) is 51.4 Å². The number of nitrogens with one attached hydrogen (secondary N) is 1. The van der Waals surface area contributed by atoms with Gasteiger partial charge in [0.25, 0.3) is 5.91 Å². The third-order valence-corrected chi connectivity index (χ3v) is 6.92. The quantitative estimate of drug-likeness (QED) is 0.485. The molecule has 5 rings (SSSR count). The van der Waals surface area contributed by atoms with Crippen LogP contribution in [0.15, 0.2) is 78.9 Å². The molecule has 7 heteroatoms. The monoisotopic (exact) mass is 502 g/mol. The number of hydrogen-bond acceptors (Lipinski definition) is 6. The molecular weight excluding hydrogens is 468 g/mol. The second-order valence-corrected chi connectivity index (χ2v) is 9.55. The van der Waals surface area contributed by atoms with Crippen molar-refractivity contribution >= 4 is 5.91 Å². The van der Waals surface area contributed by atoms with E-state index in [2.05, 4.69) is 10.2 Å². The molecule has 2 heterocycles. The summed E-state index contributed by atoms with van der Waals surface area (Å²) in [5, 5.41) is 12.4. The smallest absolute Gasteiger partial charge is 0.251 e. The van der Waals surface area contributed by atoms with Gasteiger partial charge in [0.1, 0.15) is 0 Å². The fraction of sp³-hybridized carbons (Fsp3) is 0.367. The number of benzene rings is 3. The molecule has 194 valence electrons. The van der Waals surface area contributed by atoms with Gasteiger partial charge in [-0.05, 0) is 28.8 Å². The Morgan fingerprint density at radius 1 is 0.865 bits per heavy atom. The summed E-state index contributed by atoms with van der Waals surface area (Å²) >= 11 is 0. The molecule has 3 aromatic carbocycles. The molecule has 2 saturated heterocycles. The van der Waals surface area contributed by atoms with Crippen LogP contribution in [0.3, 0.4) is 0 Å². The molecule has 2 fully saturated rings. The number of rotatable bonds is 8. The Morgan fingerprint density at radius 3 is 2.24 bits per heavy atom. The Kier molecular flexibility index (Phi) is 8.61. The van der Waals surface area contributed by atoms with Gasteiger partial charge in [0.15, 0.2) is 6.29 Å². The van der Waals surface area contributed by atoms with E-state index in [0.717, 1.165) is 61.5 Å². The van der Waals surface area contributed by atoms with Gasteiger partial charge < -0.3 is 24.6 Å². The number of aliphatic hydroxyl groups excluding tert-OH is 1. The molecule has 2 aliphatic heterocycles. The molecule has 3 aromatic rings. The standard InChI is InChI=1S/C30H34N2O5/c33-21-23-8-10-24(11-9-23)28-18-27(20-32-14-16-35-17-15-32)36-30(37-28)26-12-6-22(7-13-26)19-31-29(34)25-4-2-1-3-5-25/h1-13,27-28,30,33H,14-21H2,(H,31,34). The molecule has 0 bridgehead atoms. The molecule has 0 saturated carbocycles. The van der Waals surface area contributed by atoms with Crippen molar-refractivity contribution in [1.29, 1.82) is 0 Å². The third kappa shape index (κ3) is 6.83. The average Bonchev–Trinajstić information content (AvgIpc) is 2.97. The predicted octanol–water partition coefficient (Wildman–Crippen LogP) is 3.99. The molecule has 7 nitrogen and oxygen atoms in total. The van der Waals surface area contributed by atoms with Gasteiger partial charge in [0.2, 0.25) is 0 Å². The summed E-state index contributed by atoms with van der Waals surface area (Å²) < 4.78 is 18.4. The number of carbonyl (C=O) groups excluding carboxylic acids is 1. The van der Waals surface area contributed by atoms with Crippen LogP contribution in [0, 0.1) is 0 Å². The lowest BCUT2D eigenvalue weighted by Crippen LogP contribution is -2.44. The van der Waals surface area contributed by atoms with Crippen molar-refractivity contribution in [2.75, 3.05) is 32.8 Å². The van der Waals surface area contributed by atoms with Gasteiger partial charge in [-0.1, -0.05) is 66.7 Å². The lowest BCUT2D eigenvalue weighted by molar-refractivity contribution is -0.253. The molecule has 2 aliphatic rings. The van der Waals surface area contributed by atoms with Gasteiger partial charge in [-0.3, -0.25) is 9.69 Å². The summed E-state index contributed by atoms with van der Waals surface area (Å²) in [7, 11) is 0. The highest BCUT2D eigenvalue weighted by molar-refractivity contribution is 5.94. The van der Waals surface area contributed by atoms with Crippen LogP contribution < -0.4 is 5.32 Å². The van der Waals surface area contributed by atoms with Crippen molar-refractivity contribution in [1.82, 2.24) is 10.2 Å². The Hall–Kier alpha value is -3.07. The Bertz CT molecular complexity index is 1130. The van der Waals surface area contributed by atoms with Crippen LogP contribution in [0.5, 0.6) is 0 Å². The van der Waals surface area contributed by atoms with E-state index < -0.39 is 6.29 Å². The zero-order chi connectivity index (χ0) is 25.5. The van der Waals surface area contributed by atoms with E-state index in [1.807, 2.05) is 66.7 Å². The summed E-state index contributed by atoms with van der Waals surface area (Å²) in [5.74, 6) is -0.0929. The number of hydrogen-bond donors (Lipinski definition) is 2. The maximum atomic E-state index is 12.4. The molecule has 3 unspecified atom stereocenters. The number of ether oxygens (including phenoxy) is 3. The molecule has 2 N–H and O–H groups in total. The molecule has 37 heavy (non-hydrogen) atoms. The van der Waals surface area contributed by atoms with Crippen molar-refractivity contribution in [2.24, 2.45) is 0 Å². The number of aliphatic hydroxyl groups is 1. The van der Waals surface area contributed by atoms with E-state index in [1.54, 1.807) is 12.1 Å². The van der Waals surface area contributed by atoms with Crippen molar-refractivity contribution in [3.63, 3.8) is 0 Å². The second kappa shape index (κ2) is 12.4. The van der Waals surface area contributed by atoms with Crippen molar-refractivity contribution < 1.29 is 24.1 Å². The van der Waals surface area contributed by atoms with E-state index in [0.29, 0.717) is 12.1 Å². The zero-order valence-corrected chi connectivity index (χ0v) is 20.9. The molecule has 0 aromatic heterocycles. The van der Waals surface area contributed by atoms with E-state index >= 15 is 0 Å². The first-order valence-corrected chi connectivity index (χ1v) is 12.9. The summed E-state index contributed by atoms with van der Waals surface area (Å²) in [6, 6.07) is 25.2. The maximum Gasteiger partial charge on any atom is 0.251 e. The van der Waals surface area contributed by atoms with E-state index in [-0.39, 0.29) is 24.7 Å². The number of morpholine rings is 1. The van der Waals surface area contributed by atoms with Crippen LogP contribution >= 0.6 is 0 Å². The lowest BCUT2D eigenvalue weighted by Gasteiger charge is -2.39. The maximum absolute atomic E-state index is 12.4. The largest absolute Gasteiger partial charge is 0.392 e. The first-order valence-electron chi connectivity index (χ1n) is 12.9. The van der Waals surface area contributed by atoms with Crippen LogP contribution in [-0.4, -0.2) is 54.9 Å². The van der Waals surface area contributed by atoms with Gasteiger partial charge in [0, 0.05) is 43.7 Å². The summed E-state index contributed by atoms with van der Waals surface area (Å²) in [6.45, 7) is 4.62. The van der Waals surface area contributed by atoms with Gasteiger partial charge in [0.05, 0.1) is 32.0 Å². The predicted molar refractivity (Wildman–Crippen MR) is 140 cm³/mol. The topological polar surface area (TPSA) is 80.3 Å². The molecule has 0 spiro atoms. The Morgan fingerprint density at radius 2 is 1.54 bits per heavy atom. The number of carbonyl (C=O) groups is 1.